The van der Waals surface area contributed by atoms with Gasteiger partial charge in [-0.05, 0) is 36.8 Å². The van der Waals surface area contributed by atoms with Crippen molar-refractivity contribution in [3.63, 3.8) is 0 Å². The lowest BCUT2D eigenvalue weighted by molar-refractivity contribution is 0.322. The quantitative estimate of drug-likeness (QED) is 0.230. The maximum Gasteiger partial charge on any atom is 0.191 e. The second-order valence-electron chi connectivity index (χ2n) is 6.02. The van der Waals surface area contributed by atoms with E-state index in [0.29, 0.717) is 19.7 Å². The van der Waals surface area contributed by atoms with E-state index in [-0.39, 0.29) is 24.0 Å². The molecule has 0 bridgehead atoms. The molecule has 7 nitrogen and oxygen atoms in total. The van der Waals surface area contributed by atoms with Crippen LogP contribution >= 0.6 is 24.0 Å². The van der Waals surface area contributed by atoms with Crippen molar-refractivity contribution in [3.8, 4) is 11.4 Å². The summed E-state index contributed by atoms with van der Waals surface area (Å²) in [6.45, 7) is 3.97. The van der Waals surface area contributed by atoms with Gasteiger partial charge in [0.15, 0.2) is 5.96 Å². The average molecular weight is 492 g/mol. The van der Waals surface area contributed by atoms with Crippen LogP contribution in [-0.2, 0) is 6.54 Å². The zero-order valence-corrected chi connectivity index (χ0v) is 18.3. The monoisotopic (exact) mass is 492 g/mol. The molecular weight excluding hydrogens is 467 g/mol. The van der Waals surface area contributed by atoms with E-state index < -0.39 is 0 Å². The van der Waals surface area contributed by atoms with Crippen LogP contribution in [0.3, 0.4) is 0 Å². The molecule has 0 aliphatic carbocycles. The van der Waals surface area contributed by atoms with E-state index in [1.54, 1.807) is 18.1 Å². The number of aryl methyl sites for hydroxylation is 1. The van der Waals surface area contributed by atoms with E-state index in [2.05, 4.69) is 44.8 Å². The number of ether oxygens (including phenoxy) is 1. The number of halogens is 1. The van der Waals surface area contributed by atoms with Crippen LogP contribution in [0.1, 0.15) is 11.1 Å². The van der Waals surface area contributed by atoms with Crippen molar-refractivity contribution in [1.29, 1.82) is 0 Å². The topological polar surface area (TPSA) is 76.4 Å². The summed E-state index contributed by atoms with van der Waals surface area (Å²) in [4.78, 5) is 8.19. The van der Waals surface area contributed by atoms with Gasteiger partial charge in [-0.25, -0.2) is 9.67 Å². The molecule has 0 atom stereocenters. The smallest absolute Gasteiger partial charge is 0.191 e. The van der Waals surface area contributed by atoms with Gasteiger partial charge in [0.2, 0.25) is 0 Å². The number of nitrogens with one attached hydrogen (secondary N) is 2. The van der Waals surface area contributed by atoms with Crippen molar-refractivity contribution in [3.05, 3.63) is 72.3 Å². The van der Waals surface area contributed by atoms with Crippen molar-refractivity contribution in [2.75, 3.05) is 20.2 Å². The van der Waals surface area contributed by atoms with Crippen molar-refractivity contribution >= 4 is 29.9 Å². The molecule has 3 rings (SSSR count). The van der Waals surface area contributed by atoms with Crippen LogP contribution in [0.5, 0.6) is 5.75 Å². The van der Waals surface area contributed by atoms with Gasteiger partial charge < -0.3 is 15.4 Å². The third-order valence-corrected chi connectivity index (χ3v) is 3.99. The van der Waals surface area contributed by atoms with Crippen molar-refractivity contribution < 1.29 is 4.74 Å². The highest BCUT2D eigenvalue weighted by molar-refractivity contribution is 14.0. The molecule has 0 radical (unpaired) electrons. The Morgan fingerprint density at radius 1 is 1.07 bits per heavy atom. The maximum absolute atomic E-state index is 5.71. The van der Waals surface area contributed by atoms with Crippen LogP contribution < -0.4 is 15.4 Å². The Balaban J connectivity index is 0.00000280. The second-order valence-corrected chi connectivity index (χ2v) is 6.02. The van der Waals surface area contributed by atoms with E-state index in [1.807, 2.05) is 36.4 Å². The lowest BCUT2D eigenvalue weighted by atomic mass is 10.2. The number of benzene rings is 2. The molecule has 28 heavy (non-hydrogen) atoms. The summed E-state index contributed by atoms with van der Waals surface area (Å²) >= 11 is 0. The molecule has 0 saturated carbocycles. The van der Waals surface area contributed by atoms with E-state index in [1.165, 1.54) is 11.9 Å². The van der Waals surface area contributed by atoms with Crippen LogP contribution in [0, 0.1) is 6.92 Å². The van der Waals surface area contributed by atoms with Crippen LogP contribution in [0.25, 0.3) is 5.69 Å². The molecule has 1 aromatic heterocycles. The molecule has 0 fully saturated rings. The molecule has 0 aliphatic heterocycles. The Hall–Kier alpha value is -2.62. The molecule has 0 unspecified atom stereocenters. The molecule has 0 spiro atoms. The fourth-order valence-corrected chi connectivity index (χ4v) is 2.49. The van der Waals surface area contributed by atoms with Gasteiger partial charge in [-0.3, -0.25) is 4.99 Å². The minimum atomic E-state index is 0. The molecule has 8 heteroatoms. The summed E-state index contributed by atoms with van der Waals surface area (Å²) in [6.07, 6.45) is 3.20. The SMILES string of the molecule is CN=C(NCCOc1ccc(C)cc1)NCc1ccc(-n2cncn2)cc1.I. The number of aliphatic imine (C=N–C) groups is 1. The Morgan fingerprint density at radius 2 is 1.82 bits per heavy atom. The second kappa shape index (κ2) is 11.3. The lowest BCUT2D eigenvalue weighted by Crippen LogP contribution is -2.38. The normalized spacial score (nSPS) is 10.9. The molecule has 0 amide bonds. The number of guanidine groups is 1. The van der Waals surface area contributed by atoms with E-state index in [9.17, 15) is 0 Å². The summed E-state index contributed by atoms with van der Waals surface area (Å²) in [7, 11) is 1.75. The minimum Gasteiger partial charge on any atom is -0.492 e. The molecule has 148 valence electrons. The van der Waals surface area contributed by atoms with E-state index in [0.717, 1.165) is 23.0 Å². The molecule has 0 saturated heterocycles. The number of hydrogen-bond donors (Lipinski definition) is 2. The lowest BCUT2D eigenvalue weighted by Gasteiger charge is -2.13. The molecule has 3 aromatic rings. The maximum atomic E-state index is 5.71. The number of rotatable bonds is 7. The number of nitrogens with zero attached hydrogens (tertiary/aromatic N) is 4. The van der Waals surface area contributed by atoms with Crippen LogP contribution in [0.15, 0.2) is 66.2 Å². The summed E-state index contributed by atoms with van der Waals surface area (Å²) in [5.74, 6) is 1.61. The van der Waals surface area contributed by atoms with Crippen LogP contribution in [0.4, 0.5) is 0 Å². The molecule has 1 heterocycles. The van der Waals surface area contributed by atoms with Gasteiger partial charge in [0, 0.05) is 13.6 Å². The van der Waals surface area contributed by atoms with Gasteiger partial charge in [0.1, 0.15) is 25.0 Å². The Bertz CT molecular complexity index is 847. The van der Waals surface area contributed by atoms with Crippen LogP contribution in [-0.4, -0.2) is 40.9 Å². The first-order valence-electron chi connectivity index (χ1n) is 8.82. The van der Waals surface area contributed by atoms with E-state index in [4.69, 9.17) is 4.74 Å². The molecular formula is C20H25IN6O. The Labute approximate surface area is 182 Å². The Kier molecular flexibility index (Phi) is 8.73. The highest BCUT2D eigenvalue weighted by Crippen LogP contribution is 2.11. The molecule has 2 N–H and O–H groups in total. The largest absolute Gasteiger partial charge is 0.492 e. The summed E-state index contributed by atoms with van der Waals surface area (Å²) < 4.78 is 7.44. The first-order valence-corrected chi connectivity index (χ1v) is 8.82. The van der Waals surface area contributed by atoms with Gasteiger partial charge in [0.05, 0.1) is 12.2 Å². The third kappa shape index (κ3) is 6.52. The van der Waals surface area contributed by atoms with Gasteiger partial charge in [-0.2, -0.15) is 5.10 Å². The van der Waals surface area contributed by atoms with Gasteiger partial charge in [-0.15, -0.1) is 24.0 Å². The molecule has 2 aromatic carbocycles. The van der Waals surface area contributed by atoms with Gasteiger partial charge in [-0.1, -0.05) is 29.8 Å². The highest BCUT2D eigenvalue weighted by Gasteiger charge is 2.01. The zero-order valence-electron chi connectivity index (χ0n) is 16.0. The fourth-order valence-electron chi connectivity index (χ4n) is 2.49. The van der Waals surface area contributed by atoms with Gasteiger partial charge >= 0.3 is 0 Å². The predicted octanol–water partition coefficient (Wildman–Crippen LogP) is 2.94. The zero-order chi connectivity index (χ0) is 18.9. The number of aromatic nitrogens is 3. The summed E-state index contributed by atoms with van der Waals surface area (Å²) in [6, 6.07) is 16.2. The van der Waals surface area contributed by atoms with Crippen molar-refractivity contribution in [2.45, 2.75) is 13.5 Å². The Morgan fingerprint density at radius 3 is 2.46 bits per heavy atom. The van der Waals surface area contributed by atoms with Crippen molar-refractivity contribution in [1.82, 2.24) is 25.4 Å². The third-order valence-electron chi connectivity index (χ3n) is 3.99. The molecule has 0 aliphatic rings. The summed E-state index contributed by atoms with van der Waals surface area (Å²) in [5, 5.41) is 10.7. The number of hydrogen-bond acceptors (Lipinski definition) is 4. The standard InChI is InChI=1S/C20H24N6O.HI/c1-16-3-9-19(10-4-16)27-12-11-23-20(21-2)24-13-17-5-7-18(8-6-17)26-15-22-14-25-26;/h3-10,14-15H,11-13H2,1-2H3,(H2,21,23,24);1H. The van der Waals surface area contributed by atoms with Crippen LogP contribution in [0.2, 0.25) is 0 Å². The van der Waals surface area contributed by atoms with Crippen molar-refractivity contribution in [2.24, 2.45) is 4.99 Å². The van der Waals surface area contributed by atoms with E-state index >= 15 is 0 Å². The predicted molar refractivity (Wildman–Crippen MR) is 122 cm³/mol. The minimum absolute atomic E-state index is 0. The highest BCUT2D eigenvalue weighted by atomic mass is 127. The average Bonchev–Trinajstić information content (AvgIpc) is 3.24. The first-order chi connectivity index (χ1) is 13.2. The van der Waals surface area contributed by atoms with Gasteiger partial charge in [0.25, 0.3) is 0 Å². The first kappa shape index (κ1) is 21.7. The summed E-state index contributed by atoms with van der Waals surface area (Å²) in [5.41, 5.74) is 3.35. The fraction of sp³-hybridized carbons (Fsp3) is 0.250.